The summed E-state index contributed by atoms with van der Waals surface area (Å²) in [5.74, 6) is -0.291. The predicted octanol–water partition coefficient (Wildman–Crippen LogP) is 1.59. The molecule has 0 saturated carbocycles. The summed E-state index contributed by atoms with van der Waals surface area (Å²) in [7, 11) is 0. The lowest BCUT2D eigenvalue weighted by Crippen LogP contribution is -2.37. The lowest BCUT2D eigenvalue weighted by molar-refractivity contribution is 0.0699. The number of aromatic nitrogens is 2. The quantitative estimate of drug-likeness (QED) is 0.907. The fourth-order valence-corrected chi connectivity index (χ4v) is 2.29. The first-order chi connectivity index (χ1) is 9.27. The Balaban J connectivity index is 0.00000147. The smallest absolute Gasteiger partial charge is 0.336 e. The van der Waals surface area contributed by atoms with Gasteiger partial charge in [-0.25, -0.2) is 14.8 Å². The van der Waals surface area contributed by atoms with Crippen molar-refractivity contribution in [2.24, 2.45) is 0 Å². The standard InChI is InChI=1S/C13H13N3O3.ClH/c17-13(18)9-2-1-3-10-11(9)12(15-8-14-10)16-4-6-19-7-5-16;/h1-3,8H,4-7H2,(H,17,18);1H. The third-order valence-electron chi connectivity index (χ3n) is 3.18. The fourth-order valence-electron chi connectivity index (χ4n) is 2.29. The Hall–Kier alpha value is -1.92. The third-order valence-corrected chi connectivity index (χ3v) is 3.18. The van der Waals surface area contributed by atoms with Gasteiger partial charge in [0.15, 0.2) is 0 Å². The minimum Gasteiger partial charge on any atom is -0.478 e. The van der Waals surface area contributed by atoms with E-state index in [1.165, 1.54) is 6.33 Å². The summed E-state index contributed by atoms with van der Waals surface area (Å²) in [5, 5.41) is 9.90. The number of rotatable bonds is 2. The van der Waals surface area contributed by atoms with Crippen molar-refractivity contribution < 1.29 is 14.6 Å². The van der Waals surface area contributed by atoms with Gasteiger partial charge in [0.2, 0.25) is 0 Å². The van der Waals surface area contributed by atoms with Gasteiger partial charge in [0.25, 0.3) is 0 Å². The number of aromatic carboxylic acids is 1. The molecule has 1 saturated heterocycles. The van der Waals surface area contributed by atoms with Crippen LogP contribution in [-0.2, 0) is 4.74 Å². The number of benzene rings is 1. The van der Waals surface area contributed by atoms with Crippen molar-refractivity contribution in [1.82, 2.24) is 9.97 Å². The van der Waals surface area contributed by atoms with Crippen molar-refractivity contribution in [1.29, 1.82) is 0 Å². The minimum absolute atomic E-state index is 0. The highest BCUT2D eigenvalue weighted by molar-refractivity contribution is 6.07. The molecule has 1 aromatic carbocycles. The molecule has 7 heteroatoms. The van der Waals surface area contributed by atoms with Crippen LogP contribution in [0.25, 0.3) is 10.9 Å². The number of anilines is 1. The third kappa shape index (κ3) is 2.52. The van der Waals surface area contributed by atoms with E-state index in [1.54, 1.807) is 18.2 Å². The molecule has 2 aromatic rings. The van der Waals surface area contributed by atoms with Gasteiger partial charge in [-0.15, -0.1) is 12.4 Å². The SMILES string of the molecule is Cl.O=C(O)c1cccc2ncnc(N3CCOCC3)c12. The van der Waals surface area contributed by atoms with E-state index >= 15 is 0 Å². The van der Waals surface area contributed by atoms with Crippen LogP contribution in [0.15, 0.2) is 24.5 Å². The number of ether oxygens (including phenoxy) is 1. The maximum absolute atomic E-state index is 11.4. The first kappa shape index (κ1) is 14.5. The Labute approximate surface area is 121 Å². The normalized spacial score (nSPS) is 14.9. The summed E-state index contributed by atoms with van der Waals surface area (Å²) in [6.45, 7) is 2.67. The topological polar surface area (TPSA) is 75.5 Å². The second kappa shape index (κ2) is 6.02. The van der Waals surface area contributed by atoms with Crippen LogP contribution in [0.4, 0.5) is 5.82 Å². The van der Waals surface area contributed by atoms with Gasteiger partial charge < -0.3 is 14.7 Å². The molecule has 0 radical (unpaired) electrons. The van der Waals surface area contributed by atoms with Crippen LogP contribution < -0.4 is 4.90 Å². The molecule has 1 fully saturated rings. The van der Waals surface area contributed by atoms with Crippen molar-refractivity contribution in [3.05, 3.63) is 30.1 Å². The highest BCUT2D eigenvalue weighted by atomic mass is 35.5. The molecule has 1 aliphatic rings. The molecular weight excluding hydrogens is 282 g/mol. The second-order valence-electron chi connectivity index (χ2n) is 4.30. The predicted molar refractivity (Wildman–Crippen MR) is 76.8 cm³/mol. The number of hydrogen-bond donors (Lipinski definition) is 1. The Bertz CT molecular complexity index is 624. The average Bonchev–Trinajstić information content (AvgIpc) is 2.46. The molecule has 0 aliphatic carbocycles. The van der Waals surface area contributed by atoms with Crippen molar-refractivity contribution in [3.63, 3.8) is 0 Å². The van der Waals surface area contributed by atoms with Crippen LogP contribution >= 0.6 is 12.4 Å². The van der Waals surface area contributed by atoms with E-state index < -0.39 is 5.97 Å². The maximum Gasteiger partial charge on any atom is 0.336 e. The average molecular weight is 296 g/mol. The Morgan fingerprint density at radius 1 is 1.25 bits per heavy atom. The van der Waals surface area contributed by atoms with Crippen molar-refractivity contribution in [3.8, 4) is 0 Å². The number of fused-ring (bicyclic) bond motifs is 1. The number of halogens is 1. The van der Waals surface area contributed by atoms with E-state index in [4.69, 9.17) is 4.74 Å². The van der Waals surface area contributed by atoms with Gasteiger partial charge in [0.05, 0.1) is 29.7 Å². The van der Waals surface area contributed by atoms with Gasteiger partial charge in [0.1, 0.15) is 12.1 Å². The van der Waals surface area contributed by atoms with Crippen LogP contribution in [0.3, 0.4) is 0 Å². The van der Waals surface area contributed by atoms with Crippen LogP contribution in [-0.4, -0.2) is 47.3 Å². The minimum atomic E-state index is -0.963. The van der Waals surface area contributed by atoms with Crippen molar-refractivity contribution in [2.75, 3.05) is 31.2 Å². The molecule has 3 rings (SSSR count). The number of carboxylic acid groups (broad SMARTS) is 1. The van der Waals surface area contributed by atoms with E-state index in [0.717, 1.165) is 0 Å². The lowest BCUT2D eigenvalue weighted by Gasteiger charge is -2.28. The summed E-state index contributed by atoms with van der Waals surface area (Å²) < 4.78 is 5.31. The Kier molecular flexibility index (Phi) is 4.36. The molecule has 0 bridgehead atoms. The Morgan fingerprint density at radius 3 is 2.70 bits per heavy atom. The lowest BCUT2D eigenvalue weighted by atomic mass is 10.1. The van der Waals surface area contributed by atoms with Gasteiger partial charge in [-0.2, -0.15) is 0 Å². The largest absolute Gasteiger partial charge is 0.478 e. The van der Waals surface area contributed by atoms with Crippen LogP contribution in [0.2, 0.25) is 0 Å². The molecule has 20 heavy (non-hydrogen) atoms. The molecular formula is C13H14ClN3O3. The molecule has 1 aliphatic heterocycles. The molecule has 1 aromatic heterocycles. The summed E-state index contributed by atoms with van der Waals surface area (Å²) in [6, 6.07) is 5.08. The maximum atomic E-state index is 11.4. The van der Waals surface area contributed by atoms with E-state index in [0.29, 0.717) is 43.0 Å². The second-order valence-corrected chi connectivity index (χ2v) is 4.30. The molecule has 0 unspecified atom stereocenters. The zero-order valence-electron chi connectivity index (χ0n) is 10.7. The zero-order chi connectivity index (χ0) is 13.2. The first-order valence-electron chi connectivity index (χ1n) is 6.07. The highest BCUT2D eigenvalue weighted by Gasteiger charge is 2.19. The number of carbonyl (C=O) groups is 1. The van der Waals surface area contributed by atoms with E-state index in [1.807, 2.05) is 4.90 Å². The first-order valence-corrected chi connectivity index (χ1v) is 6.07. The number of hydrogen-bond acceptors (Lipinski definition) is 5. The van der Waals surface area contributed by atoms with Crippen molar-refractivity contribution in [2.45, 2.75) is 0 Å². The highest BCUT2D eigenvalue weighted by Crippen LogP contribution is 2.27. The molecule has 1 N–H and O–H groups in total. The zero-order valence-corrected chi connectivity index (χ0v) is 11.5. The van der Waals surface area contributed by atoms with Gasteiger partial charge in [-0.1, -0.05) is 6.07 Å². The number of morpholine rings is 1. The van der Waals surface area contributed by atoms with E-state index in [2.05, 4.69) is 9.97 Å². The molecule has 2 heterocycles. The van der Waals surface area contributed by atoms with E-state index in [-0.39, 0.29) is 18.0 Å². The molecule has 0 atom stereocenters. The summed E-state index contributed by atoms with van der Waals surface area (Å²) in [5.41, 5.74) is 0.885. The summed E-state index contributed by atoms with van der Waals surface area (Å²) >= 11 is 0. The van der Waals surface area contributed by atoms with Crippen LogP contribution in [0, 0.1) is 0 Å². The molecule has 0 amide bonds. The summed E-state index contributed by atoms with van der Waals surface area (Å²) in [4.78, 5) is 21.8. The van der Waals surface area contributed by atoms with E-state index in [9.17, 15) is 9.90 Å². The number of nitrogens with zero attached hydrogens (tertiary/aromatic N) is 3. The van der Waals surface area contributed by atoms with Crippen molar-refractivity contribution >= 4 is 35.1 Å². The van der Waals surface area contributed by atoms with Crippen LogP contribution in [0.1, 0.15) is 10.4 Å². The van der Waals surface area contributed by atoms with Crippen LogP contribution in [0.5, 0.6) is 0 Å². The Morgan fingerprint density at radius 2 is 2.00 bits per heavy atom. The molecule has 0 spiro atoms. The van der Waals surface area contributed by atoms with Gasteiger partial charge in [-0.05, 0) is 12.1 Å². The van der Waals surface area contributed by atoms with Gasteiger partial charge >= 0.3 is 5.97 Å². The molecule has 106 valence electrons. The van der Waals surface area contributed by atoms with Gasteiger partial charge in [0, 0.05) is 13.1 Å². The monoisotopic (exact) mass is 295 g/mol. The fraction of sp³-hybridized carbons (Fsp3) is 0.308. The van der Waals surface area contributed by atoms with Gasteiger partial charge in [-0.3, -0.25) is 0 Å². The summed E-state index contributed by atoms with van der Waals surface area (Å²) in [6.07, 6.45) is 1.47. The molecule has 6 nitrogen and oxygen atoms in total. The number of carboxylic acids is 1.